The summed E-state index contributed by atoms with van der Waals surface area (Å²) in [4.78, 5) is 25.4. The first-order valence-corrected chi connectivity index (χ1v) is 7.95. The van der Waals surface area contributed by atoms with Gasteiger partial charge in [0.15, 0.2) is 0 Å². The van der Waals surface area contributed by atoms with Crippen LogP contribution in [0.1, 0.15) is 53.4 Å². The maximum absolute atomic E-state index is 12.0. The van der Waals surface area contributed by atoms with Crippen LogP contribution in [0, 0.1) is 23.7 Å². The normalized spacial score (nSPS) is 30.3. The maximum Gasteiger partial charge on any atom is 0.253 e. The Hall–Kier alpha value is -1.12. The number of carbonyl (C=O) groups excluding carboxylic acids is 2. The van der Waals surface area contributed by atoms with E-state index >= 15 is 0 Å². The van der Waals surface area contributed by atoms with E-state index in [9.17, 15) is 9.59 Å². The van der Waals surface area contributed by atoms with Gasteiger partial charge in [-0.1, -0.05) is 27.7 Å². The van der Waals surface area contributed by atoms with E-state index in [4.69, 9.17) is 0 Å². The molecule has 2 amide bonds. The molecule has 0 saturated heterocycles. The largest absolute Gasteiger partial charge is 0.272 e. The van der Waals surface area contributed by atoms with E-state index in [0.717, 1.165) is 19.3 Å². The van der Waals surface area contributed by atoms with Gasteiger partial charge in [0.25, 0.3) is 11.8 Å². The minimum absolute atomic E-state index is 0.112. The number of hydrogen-bond acceptors (Lipinski definition) is 2. The van der Waals surface area contributed by atoms with Gasteiger partial charge in [-0.25, -0.2) is 0 Å². The van der Waals surface area contributed by atoms with E-state index in [1.807, 2.05) is 0 Å². The lowest BCUT2D eigenvalue weighted by atomic mass is 9.81. The zero-order chi connectivity index (χ0) is 14.9. The van der Waals surface area contributed by atoms with Crippen LogP contribution >= 0.6 is 0 Å². The standard InChI is InChI=1S/C17H27NO2/c1-11(2)9-13-5-6-15(14(13)10-12(3)4)18-16(19)7-8-17(18)20/h7-8,11-15H,5-6,9-10H2,1-4H3/t13?,14-,15-/m0/s1. The number of amides is 2. The van der Waals surface area contributed by atoms with Crippen molar-refractivity contribution in [3.05, 3.63) is 12.2 Å². The maximum atomic E-state index is 12.0. The number of hydrogen-bond donors (Lipinski definition) is 0. The summed E-state index contributed by atoms with van der Waals surface area (Å²) in [6.45, 7) is 8.97. The summed E-state index contributed by atoms with van der Waals surface area (Å²) in [6, 6.07) is 0.121. The second kappa shape index (κ2) is 6.11. The summed E-state index contributed by atoms with van der Waals surface area (Å²) < 4.78 is 0. The highest BCUT2D eigenvalue weighted by Crippen LogP contribution is 2.43. The molecule has 3 heteroatoms. The predicted octanol–water partition coefficient (Wildman–Crippen LogP) is 3.40. The third kappa shape index (κ3) is 3.13. The number of nitrogens with zero attached hydrogens (tertiary/aromatic N) is 1. The fourth-order valence-electron chi connectivity index (χ4n) is 3.98. The van der Waals surface area contributed by atoms with Crippen molar-refractivity contribution in [2.24, 2.45) is 23.7 Å². The van der Waals surface area contributed by atoms with Crippen molar-refractivity contribution in [1.29, 1.82) is 0 Å². The van der Waals surface area contributed by atoms with Crippen molar-refractivity contribution >= 4 is 11.8 Å². The second-order valence-electron chi connectivity index (χ2n) is 7.21. The smallest absolute Gasteiger partial charge is 0.253 e. The molecule has 2 rings (SSSR count). The summed E-state index contributed by atoms with van der Waals surface area (Å²) >= 11 is 0. The Labute approximate surface area is 122 Å². The molecule has 112 valence electrons. The Bertz CT molecular complexity index is 393. The van der Waals surface area contributed by atoms with Crippen molar-refractivity contribution in [2.45, 2.75) is 59.4 Å². The number of carbonyl (C=O) groups is 2. The third-order valence-electron chi connectivity index (χ3n) is 4.63. The van der Waals surface area contributed by atoms with Crippen molar-refractivity contribution in [2.75, 3.05) is 0 Å². The molecule has 0 bridgehead atoms. The first-order chi connectivity index (χ1) is 9.40. The average Bonchev–Trinajstić information content (AvgIpc) is 2.84. The molecule has 0 N–H and O–H groups in total. The number of rotatable bonds is 5. The van der Waals surface area contributed by atoms with Gasteiger partial charge in [0.2, 0.25) is 0 Å². The highest BCUT2D eigenvalue weighted by Gasteiger charge is 2.43. The predicted molar refractivity (Wildman–Crippen MR) is 79.9 cm³/mol. The lowest BCUT2D eigenvalue weighted by Gasteiger charge is -2.32. The lowest BCUT2D eigenvalue weighted by Crippen LogP contribution is -2.43. The van der Waals surface area contributed by atoms with Gasteiger partial charge in [-0.3, -0.25) is 14.5 Å². The van der Waals surface area contributed by atoms with Gasteiger partial charge in [-0.15, -0.1) is 0 Å². The molecule has 1 aliphatic carbocycles. The van der Waals surface area contributed by atoms with E-state index in [2.05, 4.69) is 27.7 Å². The van der Waals surface area contributed by atoms with Crippen LogP contribution < -0.4 is 0 Å². The van der Waals surface area contributed by atoms with Crippen LogP contribution in [0.5, 0.6) is 0 Å². The van der Waals surface area contributed by atoms with E-state index in [-0.39, 0.29) is 17.9 Å². The molecular formula is C17H27NO2. The third-order valence-corrected chi connectivity index (χ3v) is 4.63. The highest BCUT2D eigenvalue weighted by molar-refractivity contribution is 6.13. The van der Waals surface area contributed by atoms with Crippen LogP contribution in [0.2, 0.25) is 0 Å². The van der Waals surface area contributed by atoms with Crippen molar-refractivity contribution in [3.63, 3.8) is 0 Å². The summed E-state index contributed by atoms with van der Waals surface area (Å²) in [7, 11) is 0. The van der Waals surface area contributed by atoms with Gasteiger partial charge < -0.3 is 0 Å². The van der Waals surface area contributed by atoms with Crippen molar-refractivity contribution in [3.8, 4) is 0 Å². The van der Waals surface area contributed by atoms with Gasteiger partial charge in [0, 0.05) is 18.2 Å². The van der Waals surface area contributed by atoms with Gasteiger partial charge in [0.05, 0.1) is 0 Å². The molecule has 0 spiro atoms. The molecule has 20 heavy (non-hydrogen) atoms. The van der Waals surface area contributed by atoms with Gasteiger partial charge in [-0.2, -0.15) is 0 Å². The summed E-state index contributed by atoms with van der Waals surface area (Å²) in [5.74, 6) is 2.19. The SMILES string of the molecule is CC(C)CC1CC[C@H](N2C(=O)C=CC2=O)[C@H]1CC(C)C. The zero-order valence-corrected chi connectivity index (χ0v) is 13.1. The van der Waals surface area contributed by atoms with Crippen molar-refractivity contribution < 1.29 is 9.59 Å². The fourth-order valence-corrected chi connectivity index (χ4v) is 3.98. The van der Waals surface area contributed by atoms with Crippen LogP contribution in [-0.2, 0) is 9.59 Å². The van der Waals surface area contributed by atoms with Crippen LogP contribution in [-0.4, -0.2) is 22.8 Å². The summed E-state index contributed by atoms with van der Waals surface area (Å²) in [5.41, 5.74) is 0. The van der Waals surface area contributed by atoms with E-state index < -0.39 is 0 Å². The fraction of sp³-hybridized carbons (Fsp3) is 0.765. The zero-order valence-electron chi connectivity index (χ0n) is 13.1. The molecule has 1 fully saturated rings. The molecule has 1 saturated carbocycles. The topological polar surface area (TPSA) is 37.4 Å². The Morgan fingerprint density at radius 3 is 2.05 bits per heavy atom. The molecule has 0 radical (unpaired) electrons. The number of imide groups is 1. The van der Waals surface area contributed by atoms with E-state index in [1.165, 1.54) is 23.5 Å². The molecule has 0 aromatic heterocycles. The van der Waals surface area contributed by atoms with Crippen LogP contribution in [0.4, 0.5) is 0 Å². The Kier molecular flexibility index (Phi) is 4.66. The highest BCUT2D eigenvalue weighted by atomic mass is 16.2. The van der Waals surface area contributed by atoms with Crippen LogP contribution in [0.25, 0.3) is 0 Å². The van der Waals surface area contributed by atoms with Crippen LogP contribution in [0.3, 0.4) is 0 Å². The monoisotopic (exact) mass is 277 g/mol. The lowest BCUT2D eigenvalue weighted by molar-refractivity contribution is -0.140. The first kappa shape index (κ1) is 15.3. The summed E-state index contributed by atoms with van der Waals surface area (Å²) in [6.07, 6.45) is 7.29. The molecule has 1 heterocycles. The van der Waals surface area contributed by atoms with Crippen LogP contribution in [0.15, 0.2) is 12.2 Å². The molecule has 3 nitrogen and oxygen atoms in total. The van der Waals surface area contributed by atoms with E-state index in [1.54, 1.807) is 0 Å². The molecule has 1 aliphatic heterocycles. The Morgan fingerprint density at radius 1 is 1.00 bits per heavy atom. The average molecular weight is 277 g/mol. The second-order valence-corrected chi connectivity index (χ2v) is 7.21. The molecule has 1 unspecified atom stereocenters. The molecule has 3 atom stereocenters. The Balaban J connectivity index is 2.15. The van der Waals surface area contributed by atoms with E-state index in [0.29, 0.717) is 23.7 Å². The van der Waals surface area contributed by atoms with Gasteiger partial charge in [-0.05, 0) is 49.4 Å². The minimum Gasteiger partial charge on any atom is -0.272 e. The molecular weight excluding hydrogens is 250 g/mol. The molecule has 2 aliphatic rings. The van der Waals surface area contributed by atoms with Crippen molar-refractivity contribution in [1.82, 2.24) is 4.90 Å². The minimum atomic E-state index is -0.112. The quantitative estimate of drug-likeness (QED) is 0.722. The molecule has 0 aromatic rings. The van der Waals surface area contributed by atoms with Gasteiger partial charge in [0.1, 0.15) is 0 Å². The summed E-state index contributed by atoms with van der Waals surface area (Å²) in [5, 5.41) is 0. The Morgan fingerprint density at radius 2 is 1.55 bits per heavy atom. The van der Waals surface area contributed by atoms with Gasteiger partial charge >= 0.3 is 0 Å². The first-order valence-electron chi connectivity index (χ1n) is 7.95. The molecule has 0 aromatic carbocycles.